The lowest BCUT2D eigenvalue weighted by Crippen LogP contribution is -2.16. The van der Waals surface area contributed by atoms with Gasteiger partial charge in [-0.25, -0.2) is 4.98 Å². The lowest BCUT2D eigenvalue weighted by atomic mass is 10.2. The molecule has 20 heavy (non-hydrogen) atoms. The number of rotatable bonds is 4. The fraction of sp³-hybridized carbons (Fsp3) is 0.357. The quantitative estimate of drug-likeness (QED) is 0.847. The number of hydrogen-bond donors (Lipinski definition) is 2. The topological polar surface area (TPSA) is 69.4 Å². The fourth-order valence-corrected chi connectivity index (χ4v) is 2.75. The molecule has 2 aromatic rings. The zero-order valence-electron chi connectivity index (χ0n) is 11.3. The van der Waals surface area contributed by atoms with Crippen molar-refractivity contribution in [3.05, 3.63) is 28.2 Å². The van der Waals surface area contributed by atoms with Gasteiger partial charge >= 0.3 is 0 Å². The summed E-state index contributed by atoms with van der Waals surface area (Å²) in [5.41, 5.74) is 8.67. The molecule has 0 unspecified atom stereocenters. The first-order chi connectivity index (χ1) is 9.72. The summed E-state index contributed by atoms with van der Waals surface area (Å²) >= 11 is 1.67. The van der Waals surface area contributed by atoms with Crippen molar-refractivity contribution >= 4 is 22.7 Å². The van der Waals surface area contributed by atoms with Crippen molar-refractivity contribution in [1.82, 2.24) is 4.98 Å². The number of nitrogens with zero attached hydrogens (tertiary/aromatic N) is 1. The SMILES string of the molecule is Cc1nc(CCNc2cc3c(cc2N)OCCO3)cs1. The number of aromatic nitrogens is 1. The minimum atomic E-state index is 0.572. The number of nitrogens with one attached hydrogen (secondary N) is 1. The number of ether oxygens (including phenoxy) is 2. The van der Waals surface area contributed by atoms with Crippen LogP contribution in [0.2, 0.25) is 0 Å². The van der Waals surface area contributed by atoms with Crippen molar-refractivity contribution in [2.45, 2.75) is 13.3 Å². The van der Waals surface area contributed by atoms with Crippen molar-refractivity contribution in [3.63, 3.8) is 0 Å². The summed E-state index contributed by atoms with van der Waals surface area (Å²) in [6.45, 7) is 3.95. The van der Waals surface area contributed by atoms with Crippen LogP contribution in [0, 0.1) is 6.92 Å². The maximum atomic E-state index is 6.02. The number of thiazole rings is 1. The summed E-state index contributed by atoms with van der Waals surface area (Å²) in [7, 11) is 0. The molecule has 0 aliphatic carbocycles. The van der Waals surface area contributed by atoms with Gasteiger partial charge in [-0.2, -0.15) is 0 Å². The zero-order chi connectivity index (χ0) is 13.9. The van der Waals surface area contributed by atoms with Gasteiger partial charge in [0.2, 0.25) is 0 Å². The van der Waals surface area contributed by atoms with Gasteiger partial charge < -0.3 is 20.5 Å². The molecule has 3 rings (SSSR count). The Hall–Kier alpha value is -1.95. The highest BCUT2D eigenvalue weighted by molar-refractivity contribution is 7.09. The standard InChI is InChI=1S/C14H17N3O2S/c1-9-17-10(8-20-9)2-3-16-12-7-14-13(6-11(12)15)18-4-5-19-14/h6-8,16H,2-5,15H2,1H3. The number of fused-ring (bicyclic) bond motifs is 1. The molecule has 0 atom stereocenters. The summed E-state index contributed by atoms with van der Waals surface area (Å²) in [4.78, 5) is 4.44. The van der Waals surface area contributed by atoms with Crippen LogP contribution in [0.5, 0.6) is 11.5 Å². The molecular weight excluding hydrogens is 274 g/mol. The van der Waals surface area contributed by atoms with Gasteiger partial charge in [0.15, 0.2) is 11.5 Å². The average molecular weight is 291 g/mol. The van der Waals surface area contributed by atoms with Crippen molar-refractivity contribution in [2.75, 3.05) is 30.8 Å². The van der Waals surface area contributed by atoms with E-state index in [1.807, 2.05) is 19.1 Å². The number of anilines is 2. The Kier molecular flexibility index (Phi) is 3.64. The van der Waals surface area contributed by atoms with Crippen LogP contribution in [0.1, 0.15) is 10.7 Å². The molecule has 0 bridgehead atoms. The van der Waals surface area contributed by atoms with Gasteiger partial charge in [0.05, 0.1) is 22.1 Å². The van der Waals surface area contributed by atoms with E-state index >= 15 is 0 Å². The van der Waals surface area contributed by atoms with Crippen molar-refractivity contribution in [2.24, 2.45) is 0 Å². The van der Waals surface area contributed by atoms with Crippen LogP contribution in [0.15, 0.2) is 17.5 Å². The third-order valence-corrected chi connectivity index (χ3v) is 3.90. The van der Waals surface area contributed by atoms with Crippen LogP contribution < -0.4 is 20.5 Å². The van der Waals surface area contributed by atoms with E-state index in [0.29, 0.717) is 18.9 Å². The smallest absolute Gasteiger partial charge is 0.163 e. The maximum Gasteiger partial charge on any atom is 0.163 e. The summed E-state index contributed by atoms with van der Waals surface area (Å²) < 4.78 is 11.1. The Labute approximate surface area is 121 Å². The summed E-state index contributed by atoms with van der Waals surface area (Å²) in [5.74, 6) is 1.46. The number of aryl methyl sites for hydroxylation is 1. The molecule has 1 aromatic carbocycles. The van der Waals surface area contributed by atoms with E-state index < -0.39 is 0 Å². The van der Waals surface area contributed by atoms with Crippen LogP contribution in [0.25, 0.3) is 0 Å². The van der Waals surface area contributed by atoms with Crippen LogP contribution in [0.4, 0.5) is 11.4 Å². The molecule has 0 spiro atoms. The van der Waals surface area contributed by atoms with E-state index in [2.05, 4.69) is 15.7 Å². The first-order valence-corrected chi connectivity index (χ1v) is 7.44. The Bertz CT molecular complexity index is 612. The molecule has 1 aliphatic rings. The highest BCUT2D eigenvalue weighted by Gasteiger charge is 2.14. The first-order valence-electron chi connectivity index (χ1n) is 6.56. The summed E-state index contributed by atoms with van der Waals surface area (Å²) in [6.07, 6.45) is 0.873. The number of nitrogen functional groups attached to an aromatic ring is 1. The minimum absolute atomic E-state index is 0.572. The van der Waals surface area contributed by atoms with Crippen LogP contribution in [-0.4, -0.2) is 24.7 Å². The molecule has 0 radical (unpaired) electrons. The molecule has 1 aromatic heterocycles. The molecule has 0 saturated heterocycles. The number of hydrogen-bond acceptors (Lipinski definition) is 6. The normalized spacial score (nSPS) is 13.2. The van der Waals surface area contributed by atoms with E-state index in [1.54, 1.807) is 11.3 Å². The predicted molar refractivity (Wildman–Crippen MR) is 80.9 cm³/mol. The third-order valence-electron chi connectivity index (χ3n) is 3.08. The Morgan fingerprint density at radius 2 is 2.05 bits per heavy atom. The predicted octanol–water partition coefficient (Wildman–Crippen LogP) is 2.46. The molecule has 2 heterocycles. The van der Waals surface area contributed by atoms with Gasteiger partial charge in [-0.3, -0.25) is 0 Å². The maximum absolute atomic E-state index is 6.02. The molecule has 6 heteroatoms. The molecule has 106 valence electrons. The second kappa shape index (κ2) is 5.58. The summed E-state index contributed by atoms with van der Waals surface area (Å²) in [6, 6.07) is 3.71. The lowest BCUT2D eigenvalue weighted by Gasteiger charge is -2.20. The van der Waals surface area contributed by atoms with Crippen molar-refractivity contribution in [3.8, 4) is 11.5 Å². The lowest BCUT2D eigenvalue weighted by molar-refractivity contribution is 0.172. The van der Waals surface area contributed by atoms with Gasteiger partial charge in [0.25, 0.3) is 0 Å². The number of nitrogens with two attached hydrogens (primary N) is 1. The highest BCUT2D eigenvalue weighted by Crippen LogP contribution is 2.36. The van der Waals surface area contributed by atoms with E-state index in [-0.39, 0.29) is 0 Å². The average Bonchev–Trinajstić information content (AvgIpc) is 2.85. The molecule has 3 N–H and O–H groups in total. The van der Waals surface area contributed by atoms with Crippen LogP contribution >= 0.6 is 11.3 Å². The van der Waals surface area contributed by atoms with Gasteiger partial charge in [-0.15, -0.1) is 11.3 Å². The summed E-state index contributed by atoms with van der Waals surface area (Å²) in [5, 5.41) is 6.51. The monoisotopic (exact) mass is 291 g/mol. The molecule has 0 saturated carbocycles. The minimum Gasteiger partial charge on any atom is -0.486 e. The van der Waals surface area contributed by atoms with E-state index in [0.717, 1.165) is 40.9 Å². The zero-order valence-corrected chi connectivity index (χ0v) is 12.1. The Morgan fingerprint density at radius 1 is 1.30 bits per heavy atom. The molecular formula is C14H17N3O2S. The fourth-order valence-electron chi connectivity index (χ4n) is 2.11. The van der Waals surface area contributed by atoms with Crippen molar-refractivity contribution < 1.29 is 9.47 Å². The molecule has 0 fully saturated rings. The van der Waals surface area contributed by atoms with E-state index in [9.17, 15) is 0 Å². The van der Waals surface area contributed by atoms with Gasteiger partial charge in [0.1, 0.15) is 13.2 Å². The second-order valence-corrected chi connectivity index (χ2v) is 5.68. The van der Waals surface area contributed by atoms with Crippen molar-refractivity contribution in [1.29, 1.82) is 0 Å². The first kappa shape index (κ1) is 13.1. The number of benzene rings is 1. The molecule has 5 nitrogen and oxygen atoms in total. The van der Waals surface area contributed by atoms with E-state index in [1.165, 1.54) is 0 Å². The van der Waals surface area contributed by atoms with E-state index in [4.69, 9.17) is 15.2 Å². The second-order valence-electron chi connectivity index (χ2n) is 4.62. The molecule has 1 aliphatic heterocycles. The van der Waals surface area contributed by atoms with Gasteiger partial charge in [-0.05, 0) is 6.92 Å². The van der Waals surface area contributed by atoms with Gasteiger partial charge in [-0.1, -0.05) is 0 Å². The Morgan fingerprint density at radius 3 is 2.75 bits per heavy atom. The largest absolute Gasteiger partial charge is 0.486 e. The van der Waals surface area contributed by atoms with Crippen LogP contribution in [-0.2, 0) is 6.42 Å². The van der Waals surface area contributed by atoms with Gasteiger partial charge in [0, 0.05) is 30.5 Å². The molecule has 0 amide bonds. The highest BCUT2D eigenvalue weighted by atomic mass is 32.1. The Balaban J connectivity index is 1.65. The third kappa shape index (κ3) is 2.80. The van der Waals surface area contributed by atoms with Crippen LogP contribution in [0.3, 0.4) is 0 Å².